The van der Waals surface area contributed by atoms with Crippen LogP contribution >= 0.6 is 0 Å². The highest BCUT2D eigenvalue weighted by Gasteiger charge is 2.38. The highest BCUT2D eigenvalue weighted by atomic mass is 16.2. The van der Waals surface area contributed by atoms with E-state index >= 15 is 0 Å². The number of nitrogens with zero attached hydrogens (tertiary/aromatic N) is 4. The standard InChI is InChI=1S/C19H26N4O/c1-14-6-3-9-19-20-16(13-23(14)19)12-21-10-4-7-17(21)18-8-5-11-22(18)15(2)24/h3,6,9,13,17-18H,4-5,7-8,10-12H2,1-2H3. The summed E-state index contributed by atoms with van der Waals surface area (Å²) in [5.41, 5.74) is 3.36. The van der Waals surface area contributed by atoms with Crippen LogP contribution in [0.25, 0.3) is 5.65 Å². The van der Waals surface area contributed by atoms with Crippen LogP contribution in [0.2, 0.25) is 0 Å². The normalized spacial score (nSPS) is 25.0. The van der Waals surface area contributed by atoms with Crippen molar-refractivity contribution in [2.45, 2.75) is 58.2 Å². The molecule has 2 aliphatic rings. The number of aryl methyl sites for hydroxylation is 1. The summed E-state index contributed by atoms with van der Waals surface area (Å²) >= 11 is 0. The minimum atomic E-state index is 0.229. The molecule has 0 N–H and O–H groups in total. The van der Waals surface area contributed by atoms with Crippen LogP contribution in [-0.4, -0.2) is 50.3 Å². The number of hydrogen-bond donors (Lipinski definition) is 0. The zero-order valence-corrected chi connectivity index (χ0v) is 14.6. The molecule has 2 unspecified atom stereocenters. The van der Waals surface area contributed by atoms with Gasteiger partial charge in [0.1, 0.15) is 5.65 Å². The lowest BCUT2D eigenvalue weighted by atomic mass is 10.0. The zero-order valence-electron chi connectivity index (χ0n) is 14.6. The fraction of sp³-hybridized carbons (Fsp3) is 0.579. The van der Waals surface area contributed by atoms with Crippen LogP contribution in [-0.2, 0) is 11.3 Å². The number of likely N-dealkylation sites (tertiary alicyclic amines) is 2. The summed E-state index contributed by atoms with van der Waals surface area (Å²) in [6.45, 7) is 6.74. The van der Waals surface area contributed by atoms with Gasteiger partial charge in [0.15, 0.2) is 0 Å². The van der Waals surface area contributed by atoms with Gasteiger partial charge in [-0.25, -0.2) is 4.98 Å². The van der Waals surface area contributed by atoms with Crippen molar-refractivity contribution < 1.29 is 4.79 Å². The van der Waals surface area contributed by atoms with Gasteiger partial charge in [-0.05, 0) is 51.3 Å². The lowest BCUT2D eigenvalue weighted by Crippen LogP contribution is -2.47. The van der Waals surface area contributed by atoms with Gasteiger partial charge in [-0.15, -0.1) is 0 Å². The summed E-state index contributed by atoms with van der Waals surface area (Å²) in [6.07, 6.45) is 6.87. The Labute approximate surface area is 143 Å². The Morgan fingerprint density at radius 2 is 2.00 bits per heavy atom. The molecule has 2 aromatic rings. The molecule has 0 bridgehead atoms. The maximum Gasteiger partial charge on any atom is 0.219 e. The minimum absolute atomic E-state index is 0.229. The Bertz CT molecular complexity index is 753. The van der Waals surface area contributed by atoms with Crippen LogP contribution in [0.15, 0.2) is 24.4 Å². The number of hydrogen-bond acceptors (Lipinski definition) is 3. The van der Waals surface area contributed by atoms with Gasteiger partial charge in [-0.1, -0.05) is 6.07 Å². The third-order valence-corrected chi connectivity index (χ3v) is 5.67. The quantitative estimate of drug-likeness (QED) is 0.870. The average molecular weight is 326 g/mol. The highest BCUT2D eigenvalue weighted by Crippen LogP contribution is 2.31. The van der Waals surface area contributed by atoms with Crippen LogP contribution in [0.4, 0.5) is 0 Å². The molecular weight excluding hydrogens is 300 g/mol. The van der Waals surface area contributed by atoms with Crippen molar-refractivity contribution in [3.63, 3.8) is 0 Å². The van der Waals surface area contributed by atoms with Gasteiger partial charge in [0.25, 0.3) is 0 Å². The predicted octanol–water partition coefficient (Wildman–Crippen LogP) is 2.62. The van der Waals surface area contributed by atoms with E-state index in [2.05, 4.69) is 45.5 Å². The van der Waals surface area contributed by atoms with Gasteiger partial charge in [-0.2, -0.15) is 0 Å². The van der Waals surface area contributed by atoms with Crippen molar-refractivity contribution in [2.75, 3.05) is 13.1 Å². The van der Waals surface area contributed by atoms with Gasteiger partial charge < -0.3 is 9.30 Å². The minimum Gasteiger partial charge on any atom is -0.338 e. The molecule has 0 saturated carbocycles. The fourth-order valence-electron chi connectivity index (χ4n) is 4.55. The second-order valence-corrected chi connectivity index (χ2v) is 7.23. The number of carbonyl (C=O) groups is 1. The molecule has 2 aliphatic heterocycles. The molecule has 4 rings (SSSR count). The van der Waals surface area contributed by atoms with Crippen molar-refractivity contribution in [1.29, 1.82) is 0 Å². The van der Waals surface area contributed by atoms with Crippen LogP contribution in [0.3, 0.4) is 0 Å². The van der Waals surface area contributed by atoms with E-state index in [0.717, 1.165) is 43.8 Å². The molecule has 0 spiro atoms. The molecule has 2 atom stereocenters. The molecule has 4 heterocycles. The first kappa shape index (κ1) is 15.6. The van der Waals surface area contributed by atoms with Crippen molar-refractivity contribution in [3.8, 4) is 0 Å². The first-order chi connectivity index (χ1) is 11.6. The lowest BCUT2D eigenvalue weighted by molar-refractivity contribution is -0.130. The number of pyridine rings is 1. The van der Waals surface area contributed by atoms with E-state index in [9.17, 15) is 4.79 Å². The summed E-state index contributed by atoms with van der Waals surface area (Å²) in [7, 11) is 0. The third kappa shape index (κ3) is 2.71. The first-order valence-electron chi connectivity index (χ1n) is 9.08. The Balaban J connectivity index is 1.54. The molecule has 24 heavy (non-hydrogen) atoms. The topological polar surface area (TPSA) is 40.9 Å². The number of imidazole rings is 1. The van der Waals surface area contributed by atoms with Gasteiger partial charge in [0.2, 0.25) is 5.91 Å². The van der Waals surface area contributed by atoms with Crippen molar-refractivity contribution in [1.82, 2.24) is 19.2 Å². The molecule has 2 fully saturated rings. The monoisotopic (exact) mass is 326 g/mol. The van der Waals surface area contributed by atoms with Crippen LogP contribution in [0.5, 0.6) is 0 Å². The number of fused-ring (bicyclic) bond motifs is 1. The Hall–Kier alpha value is -1.88. The first-order valence-corrected chi connectivity index (χ1v) is 9.08. The van der Waals surface area contributed by atoms with E-state index in [1.54, 1.807) is 6.92 Å². The van der Waals surface area contributed by atoms with Crippen LogP contribution in [0, 0.1) is 6.92 Å². The van der Waals surface area contributed by atoms with Gasteiger partial charge in [0.05, 0.1) is 5.69 Å². The smallest absolute Gasteiger partial charge is 0.219 e. The number of carbonyl (C=O) groups excluding carboxylic acids is 1. The summed E-state index contributed by atoms with van der Waals surface area (Å²) in [5, 5.41) is 0. The van der Waals surface area contributed by atoms with Crippen LogP contribution in [0.1, 0.15) is 44.0 Å². The number of aromatic nitrogens is 2. The molecule has 0 radical (unpaired) electrons. The molecule has 5 nitrogen and oxygen atoms in total. The molecule has 0 aliphatic carbocycles. The molecule has 2 saturated heterocycles. The molecule has 5 heteroatoms. The van der Waals surface area contributed by atoms with E-state index in [1.165, 1.54) is 18.5 Å². The van der Waals surface area contributed by atoms with Crippen molar-refractivity contribution >= 4 is 11.6 Å². The van der Waals surface area contributed by atoms with Gasteiger partial charge in [0, 0.05) is 44.0 Å². The molecular formula is C19H26N4O. The van der Waals surface area contributed by atoms with E-state index in [1.807, 2.05) is 0 Å². The summed E-state index contributed by atoms with van der Waals surface area (Å²) in [5.74, 6) is 0.229. The van der Waals surface area contributed by atoms with Gasteiger partial charge in [-0.3, -0.25) is 9.69 Å². The highest BCUT2D eigenvalue weighted by molar-refractivity contribution is 5.74. The Morgan fingerprint density at radius 3 is 2.79 bits per heavy atom. The number of amides is 1. The largest absolute Gasteiger partial charge is 0.338 e. The molecule has 2 aromatic heterocycles. The van der Waals surface area contributed by atoms with Crippen molar-refractivity contribution in [3.05, 3.63) is 35.8 Å². The Morgan fingerprint density at radius 1 is 1.21 bits per heavy atom. The molecule has 0 aromatic carbocycles. The maximum atomic E-state index is 11.9. The summed E-state index contributed by atoms with van der Waals surface area (Å²) in [6, 6.07) is 7.11. The lowest BCUT2D eigenvalue weighted by Gasteiger charge is -2.34. The van der Waals surface area contributed by atoms with E-state index < -0.39 is 0 Å². The van der Waals surface area contributed by atoms with E-state index in [0.29, 0.717) is 12.1 Å². The summed E-state index contributed by atoms with van der Waals surface area (Å²) < 4.78 is 2.16. The SMILES string of the molecule is CC(=O)N1CCCC1C1CCCN1Cc1cn2c(C)cccc2n1. The second kappa shape index (κ2) is 6.20. The van der Waals surface area contributed by atoms with E-state index in [4.69, 9.17) is 4.98 Å². The Kier molecular flexibility index (Phi) is 4.04. The van der Waals surface area contributed by atoms with E-state index in [-0.39, 0.29) is 5.91 Å². The average Bonchev–Trinajstić information content (AvgIpc) is 3.25. The van der Waals surface area contributed by atoms with Gasteiger partial charge >= 0.3 is 0 Å². The van der Waals surface area contributed by atoms with Crippen molar-refractivity contribution in [2.24, 2.45) is 0 Å². The molecule has 1 amide bonds. The predicted molar refractivity (Wildman–Crippen MR) is 93.8 cm³/mol. The third-order valence-electron chi connectivity index (χ3n) is 5.67. The maximum absolute atomic E-state index is 11.9. The fourth-order valence-corrected chi connectivity index (χ4v) is 4.55. The zero-order chi connectivity index (χ0) is 16.7. The molecule has 128 valence electrons. The second-order valence-electron chi connectivity index (χ2n) is 7.23. The number of rotatable bonds is 3. The van der Waals surface area contributed by atoms with Crippen LogP contribution < -0.4 is 0 Å². The summed E-state index contributed by atoms with van der Waals surface area (Å²) in [4.78, 5) is 21.4.